The van der Waals surface area contributed by atoms with Crippen molar-refractivity contribution in [2.75, 3.05) is 6.61 Å². The monoisotopic (exact) mass is 465 g/mol. The number of unbranched alkanes of at least 4 members (excludes halogenated alkanes) is 2. The molecule has 1 amide bonds. The summed E-state index contributed by atoms with van der Waals surface area (Å²) in [6.45, 7) is 5.02. The van der Waals surface area contributed by atoms with Crippen LogP contribution in [0, 0.1) is 0 Å². The summed E-state index contributed by atoms with van der Waals surface area (Å²) in [4.78, 5) is 27.0. The Morgan fingerprint density at radius 2 is 1.73 bits per heavy atom. The number of carbonyl (C=O) groups excluding carboxylic acids is 1. The van der Waals surface area contributed by atoms with Gasteiger partial charge >= 0.3 is 5.97 Å². The average Bonchev–Trinajstić information content (AvgIpc) is 3.35. The zero-order chi connectivity index (χ0) is 23.6. The Labute approximate surface area is 199 Å². The van der Waals surface area contributed by atoms with Gasteiger partial charge in [-0.25, -0.2) is 0 Å². The first kappa shape index (κ1) is 24.5. The second-order valence-corrected chi connectivity index (χ2v) is 9.19. The van der Waals surface area contributed by atoms with Crippen LogP contribution in [-0.2, 0) is 11.3 Å². The van der Waals surface area contributed by atoms with Gasteiger partial charge in [-0.05, 0) is 68.3 Å². The Morgan fingerprint density at radius 1 is 0.970 bits per heavy atom. The lowest BCUT2D eigenvalue weighted by Crippen LogP contribution is -2.36. The Bertz CT molecular complexity index is 1030. The zero-order valence-corrected chi connectivity index (χ0v) is 20.0. The van der Waals surface area contributed by atoms with Crippen LogP contribution in [0.1, 0.15) is 55.5 Å². The van der Waals surface area contributed by atoms with Crippen LogP contribution < -0.4 is 4.74 Å². The van der Waals surface area contributed by atoms with Gasteiger partial charge in [-0.2, -0.15) is 0 Å². The fourth-order valence-corrected chi connectivity index (χ4v) is 4.30. The van der Waals surface area contributed by atoms with E-state index in [1.807, 2.05) is 78.7 Å². The largest absolute Gasteiger partial charge is 0.493 e. The van der Waals surface area contributed by atoms with Crippen LogP contribution >= 0.6 is 11.3 Å². The molecule has 0 saturated carbocycles. The van der Waals surface area contributed by atoms with Crippen LogP contribution in [0.4, 0.5) is 0 Å². The summed E-state index contributed by atoms with van der Waals surface area (Å²) in [6.07, 6.45) is 2.45. The minimum absolute atomic E-state index is 0.00815. The molecule has 33 heavy (non-hydrogen) atoms. The highest BCUT2D eigenvalue weighted by Gasteiger charge is 2.21. The Hall–Kier alpha value is -3.12. The molecule has 0 spiro atoms. The lowest BCUT2D eigenvalue weighted by Gasteiger charge is -2.28. The lowest BCUT2D eigenvalue weighted by atomic mass is 10.1. The van der Waals surface area contributed by atoms with Crippen molar-refractivity contribution < 1.29 is 19.4 Å². The number of hydrogen-bond donors (Lipinski definition) is 1. The normalized spacial score (nSPS) is 10.9. The Balaban J connectivity index is 1.64. The summed E-state index contributed by atoms with van der Waals surface area (Å²) in [5.74, 6) is -0.00528. The number of rotatable bonds is 12. The molecule has 0 aliphatic carbocycles. The summed E-state index contributed by atoms with van der Waals surface area (Å²) >= 11 is 1.68. The fourth-order valence-electron chi connectivity index (χ4n) is 3.57. The molecule has 0 bridgehead atoms. The van der Waals surface area contributed by atoms with E-state index in [0.29, 0.717) is 25.1 Å². The number of carboxylic acids is 1. The number of thiophene rings is 1. The van der Waals surface area contributed by atoms with E-state index >= 15 is 0 Å². The minimum Gasteiger partial charge on any atom is -0.493 e. The zero-order valence-electron chi connectivity index (χ0n) is 19.2. The van der Waals surface area contributed by atoms with Crippen LogP contribution in [0.2, 0.25) is 0 Å². The number of para-hydroxylation sites is 1. The van der Waals surface area contributed by atoms with E-state index in [9.17, 15) is 9.59 Å². The van der Waals surface area contributed by atoms with Crippen molar-refractivity contribution in [3.8, 4) is 16.2 Å². The second-order valence-electron chi connectivity index (χ2n) is 8.24. The van der Waals surface area contributed by atoms with Gasteiger partial charge in [0.15, 0.2) is 0 Å². The molecule has 0 radical (unpaired) electrons. The van der Waals surface area contributed by atoms with Crippen molar-refractivity contribution in [3.63, 3.8) is 0 Å². The van der Waals surface area contributed by atoms with Gasteiger partial charge in [-0.15, -0.1) is 11.3 Å². The third kappa shape index (κ3) is 7.19. The maximum atomic E-state index is 13.3. The summed E-state index contributed by atoms with van der Waals surface area (Å²) in [7, 11) is 0. The smallest absolute Gasteiger partial charge is 0.303 e. The molecule has 0 aliphatic heterocycles. The predicted molar refractivity (Wildman–Crippen MR) is 133 cm³/mol. The molecule has 0 unspecified atom stereocenters. The number of nitrogens with zero attached hydrogens (tertiary/aromatic N) is 1. The number of carboxylic acid groups (broad SMARTS) is 1. The maximum absolute atomic E-state index is 13.3. The van der Waals surface area contributed by atoms with Crippen LogP contribution in [0.25, 0.3) is 10.4 Å². The van der Waals surface area contributed by atoms with Gasteiger partial charge in [-0.1, -0.05) is 36.4 Å². The molecule has 3 rings (SSSR count). The van der Waals surface area contributed by atoms with Crippen LogP contribution in [-0.4, -0.2) is 34.5 Å². The molecule has 5 nitrogen and oxygen atoms in total. The maximum Gasteiger partial charge on any atom is 0.303 e. The third-order valence-electron chi connectivity index (χ3n) is 5.43. The van der Waals surface area contributed by atoms with Gasteiger partial charge in [0.1, 0.15) is 5.75 Å². The van der Waals surface area contributed by atoms with E-state index in [4.69, 9.17) is 9.84 Å². The highest BCUT2D eigenvalue weighted by atomic mass is 32.1. The minimum atomic E-state index is -0.763. The molecule has 1 N–H and O–H groups in total. The first-order valence-corrected chi connectivity index (χ1v) is 12.2. The molecule has 1 heterocycles. The number of hydrogen-bond acceptors (Lipinski definition) is 4. The lowest BCUT2D eigenvalue weighted by molar-refractivity contribution is -0.137. The summed E-state index contributed by atoms with van der Waals surface area (Å²) in [5, 5.41) is 10.8. The number of ether oxygens (including phenoxy) is 1. The van der Waals surface area contributed by atoms with Gasteiger partial charge in [0.05, 0.1) is 6.61 Å². The molecule has 174 valence electrons. The third-order valence-corrected chi connectivity index (χ3v) is 6.35. The van der Waals surface area contributed by atoms with E-state index in [0.717, 1.165) is 29.7 Å². The topological polar surface area (TPSA) is 66.8 Å². The van der Waals surface area contributed by atoms with Crippen LogP contribution in [0.15, 0.2) is 66.0 Å². The average molecular weight is 466 g/mol. The molecule has 0 saturated heterocycles. The Morgan fingerprint density at radius 3 is 2.39 bits per heavy atom. The van der Waals surface area contributed by atoms with Crippen molar-refractivity contribution >= 4 is 23.2 Å². The second kappa shape index (κ2) is 12.2. The van der Waals surface area contributed by atoms with Crippen LogP contribution in [0.3, 0.4) is 0 Å². The number of aliphatic carboxylic acids is 1. The van der Waals surface area contributed by atoms with Crippen molar-refractivity contribution in [2.45, 2.75) is 52.1 Å². The quantitative estimate of drug-likeness (QED) is 0.311. The molecule has 3 aromatic rings. The standard InChI is InChI=1S/C27H31NO4S/c1-20(2)28(27(31)22-15-13-21(14-16-22)25-11-8-18-33-25)19-23-9-5-6-10-24(23)32-17-7-3-4-12-26(29)30/h5-6,8-11,13-16,18,20H,3-4,7,12,17,19H2,1-2H3,(H,29,30). The molecule has 2 aromatic carbocycles. The van der Waals surface area contributed by atoms with E-state index in [-0.39, 0.29) is 18.4 Å². The molecule has 0 fully saturated rings. The molecule has 0 atom stereocenters. The van der Waals surface area contributed by atoms with E-state index < -0.39 is 5.97 Å². The molecule has 6 heteroatoms. The van der Waals surface area contributed by atoms with E-state index in [1.54, 1.807) is 11.3 Å². The Kier molecular flexibility index (Phi) is 9.07. The van der Waals surface area contributed by atoms with Crippen molar-refractivity contribution in [2.24, 2.45) is 0 Å². The van der Waals surface area contributed by atoms with Crippen molar-refractivity contribution in [1.29, 1.82) is 0 Å². The van der Waals surface area contributed by atoms with Crippen molar-refractivity contribution in [1.82, 2.24) is 4.90 Å². The van der Waals surface area contributed by atoms with E-state index in [2.05, 4.69) is 6.07 Å². The summed E-state index contributed by atoms with van der Waals surface area (Å²) in [5.41, 5.74) is 2.74. The molecule has 1 aromatic heterocycles. The summed E-state index contributed by atoms with van der Waals surface area (Å²) in [6, 6.07) is 19.7. The number of benzene rings is 2. The highest BCUT2D eigenvalue weighted by Crippen LogP contribution is 2.26. The SMILES string of the molecule is CC(C)N(Cc1ccccc1OCCCCCC(=O)O)C(=O)c1ccc(-c2cccs2)cc1. The fraction of sp³-hybridized carbons (Fsp3) is 0.333. The first-order chi connectivity index (χ1) is 16.0. The van der Waals surface area contributed by atoms with Gasteiger partial charge in [0, 0.05) is 35.0 Å². The number of amides is 1. The van der Waals surface area contributed by atoms with Gasteiger partial charge in [0.2, 0.25) is 0 Å². The molecular weight excluding hydrogens is 434 g/mol. The predicted octanol–water partition coefficient (Wildman–Crippen LogP) is 6.49. The first-order valence-electron chi connectivity index (χ1n) is 11.3. The van der Waals surface area contributed by atoms with Gasteiger partial charge in [0.25, 0.3) is 5.91 Å². The summed E-state index contributed by atoms with van der Waals surface area (Å²) < 4.78 is 5.98. The van der Waals surface area contributed by atoms with E-state index in [1.165, 1.54) is 4.88 Å². The molecule has 0 aliphatic rings. The van der Waals surface area contributed by atoms with Gasteiger partial charge in [-0.3, -0.25) is 9.59 Å². The molecular formula is C27H31NO4S. The van der Waals surface area contributed by atoms with Gasteiger partial charge < -0.3 is 14.7 Å². The number of carbonyl (C=O) groups is 2. The van der Waals surface area contributed by atoms with Crippen LogP contribution in [0.5, 0.6) is 5.75 Å². The van der Waals surface area contributed by atoms with Crippen molar-refractivity contribution in [3.05, 3.63) is 77.2 Å². The highest BCUT2D eigenvalue weighted by molar-refractivity contribution is 7.13.